The van der Waals surface area contributed by atoms with Crippen LogP contribution in [0.5, 0.6) is 5.75 Å². The lowest BCUT2D eigenvalue weighted by Gasteiger charge is -2.37. The molecule has 1 aliphatic rings. The maximum atomic E-state index is 13.5. The third-order valence-corrected chi connectivity index (χ3v) is 4.80. The van der Waals surface area contributed by atoms with Gasteiger partial charge in [-0.05, 0) is 49.8 Å². The van der Waals surface area contributed by atoms with Gasteiger partial charge >= 0.3 is 0 Å². The van der Waals surface area contributed by atoms with Gasteiger partial charge in [-0.3, -0.25) is 0 Å². The van der Waals surface area contributed by atoms with E-state index in [1.165, 1.54) is 31.7 Å². The zero-order valence-corrected chi connectivity index (χ0v) is 13.7. The molecular formula is C18H28FNO. The van der Waals surface area contributed by atoms with Crippen molar-refractivity contribution in [3.05, 3.63) is 29.6 Å². The average Bonchev–Trinajstić information content (AvgIpc) is 2.47. The molecule has 1 fully saturated rings. The molecule has 3 heteroatoms. The van der Waals surface area contributed by atoms with E-state index in [4.69, 9.17) is 4.74 Å². The van der Waals surface area contributed by atoms with Crippen LogP contribution in [0.4, 0.5) is 4.39 Å². The van der Waals surface area contributed by atoms with E-state index in [2.05, 4.69) is 26.1 Å². The second-order valence-corrected chi connectivity index (χ2v) is 6.57. The smallest absolute Gasteiger partial charge is 0.123 e. The Labute approximate surface area is 128 Å². The van der Waals surface area contributed by atoms with Gasteiger partial charge in [-0.15, -0.1) is 0 Å². The fourth-order valence-corrected chi connectivity index (χ4v) is 3.62. The Balaban J connectivity index is 2.12. The molecule has 0 aromatic heterocycles. The van der Waals surface area contributed by atoms with Crippen LogP contribution in [0.15, 0.2) is 18.2 Å². The highest BCUT2D eigenvalue weighted by atomic mass is 19.1. The molecule has 0 saturated heterocycles. The molecule has 0 bridgehead atoms. The van der Waals surface area contributed by atoms with Crippen molar-refractivity contribution in [2.24, 2.45) is 11.8 Å². The van der Waals surface area contributed by atoms with Gasteiger partial charge in [0.2, 0.25) is 0 Å². The van der Waals surface area contributed by atoms with Gasteiger partial charge in [0.05, 0.1) is 7.11 Å². The van der Waals surface area contributed by atoms with Gasteiger partial charge in [0.25, 0.3) is 0 Å². The first-order chi connectivity index (χ1) is 10.0. The first-order valence-corrected chi connectivity index (χ1v) is 8.12. The van der Waals surface area contributed by atoms with Crippen LogP contribution < -0.4 is 10.1 Å². The Morgan fingerprint density at radius 1 is 1.19 bits per heavy atom. The molecule has 2 rings (SSSR count). The summed E-state index contributed by atoms with van der Waals surface area (Å²) < 4.78 is 18.9. The molecule has 0 amide bonds. The molecule has 1 saturated carbocycles. The summed E-state index contributed by atoms with van der Waals surface area (Å²) in [6.07, 6.45) is 5.12. The summed E-state index contributed by atoms with van der Waals surface area (Å²) in [5.41, 5.74) is 0.908. The molecule has 0 spiro atoms. The molecular weight excluding hydrogens is 265 g/mol. The van der Waals surface area contributed by atoms with Crippen LogP contribution in [0.3, 0.4) is 0 Å². The number of benzene rings is 1. The zero-order chi connectivity index (χ0) is 15.4. The van der Waals surface area contributed by atoms with E-state index in [1.807, 2.05) is 0 Å². The fraction of sp³-hybridized carbons (Fsp3) is 0.667. The number of nitrogens with one attached hydrogen (secondary N) is 1. The van der Waals surface area contributed by atoms with Crippen LogP contribution in [0.2, 0.25) is 0 Å². The van der Waals surface area contributed by atoms with Crippen molar-refractivity contribution in [2.75, 3.05) is 7.11 Å². The van der Waals surface area contributed by atoms with Gasteiger partial charge in [0.1, 0.15) is 11.6 Å². The summed E-state index contributed by atoms with van der Waals surface area (Å²) in [5.74, 6) is 1.95. The topological polar surface area (TPSA) is 21.3 Å². The number of hydrogen-bond donors (Lipinski definition) is 1. The predicted octanol–water partition coefficient (Wildman–Crippen LogP) is 4.70. The Bertz CT molecular complexity index is 461. The molecule has 3 atom stereocenters. The molecule has 21 heavy (non-hydrogen) atoms. The van der Waals surface area contributed by atoms with E-state index in [1.54, 1.807) is 19.2 Å². The molecule has 3 unspecified atom stereocenters. The van der Waals surface area contributed by atoms with Crippen molar-refractivity contribution in [1.29, 1.82) is 0 Å². The quantitative estimate of drug-likeness (QED) is 0.849. The van der Waals surface area contributed by atoms with E-state index in [-0.39, 0.29) is 11.9 Å². The molecule has 1 aromatic rings. The Hall–Kier alpha value is -1.09. The summed E-state index contributed by atoms with van der Waals surface area (Å²) in [5, 5.41) is 3.72. The summed E-state index contributed by atoms with van der Waals surface area (Å²) in [7, 11) is 1.64. The van der Waals surface area contributed by atoms with Crippen molar-refractivity contribution in [3.63, 3.8) is 0 Å². The van der Waals surface area contributed by atoms with Crippen LogP contribution in [0.1, 0.15) is 58.1 Å². The van der Waals surface area contributed by atoms with Crippen LogP contribution in [0, 0.1) is 17.7 Å². The van der Waals surface area contributed by atoms with Gasteiger partial charge in [-0.25, -0.2) is 4.39 Å². The SMILES string of the molecule is COc1ccc(F)cc1C(C)NC1CCCCC1C(C)C. The van der Waals surface area contributed by atoms with Gasteiger partial charge in [0, 0.05) is 17.6 Å². The highest BCUT2D eigenvalue weighted by Crippen LogP contribution is 2.33. The van der Waals surface area contributed by atoms with E-state index in [0.29, 0.717) is 17.9 Å². The van der Waals surface area contributed by atoms with E-state index in [0.717, 1.165) is 11.3 Å². The first-order valence-electron chi connectivity index (χ1n) is 8.12. The largest absolute Gasteiger partial charge is 0.496 e. The number of rotatable bonds is 5. The molecule has 118 valence electrons. The standard InChI is InChI=1S/C18H28FNO/c1-12(2)15-7-5-6-8-17(15)20-13(3)16-11-14(19)9-10-18(16)21-4/h9-13,15,17,20H,5-8H2,1-4H3. The van der Waals surface area contributed by atoms with Gasteiger partial charge in [-0.2, -0.15) is 0 Å². The molecule has 0 aliphatic heterocycles. The third kappa shape index (κ3) is 3.97. The molecule has 1 aliphatic carbocycles. The van der Waals surface area contributed by atoms with Crippen molar-refractivity contribution in [2.45, 2.75) is 58.5 Å². The summed E-state index contributed by atoms with van der Waals surface area (Å²) in [6.45, 7) is 6.71. The highest BCUT2D eigenvalue weighted by molar-refractivity contribution is 5.36. The minimum Gasteiger partial charge on any atom is -0.496 e. The van der Waals surface area contributed by atoms with Gasteiger partial charge in [0.15, 0.2) is 0 Å². The maximum Gasteiger partial charge on any atom is 0.123 e. The molecule has 2 nitrogen and oxygen atoms in total. The minimum atomic E-state index is -0.205. The highest BCUT2D eigenvalue weighted by Gasteiger charge is 2.29. The normalized spacial score (nSPS) is 24.1. The minimum absolute atomic E-state index is 0.0972. The lowest BCUT2D eigenvalue weighted by Crippen LogP contribution is -2.42. The van der Waals surface area contributed by atoms with Crippen LogP contribution in [0.25, 0.3) is 0 Å². The lowest BCUT2D eigenvalue weighted by molar-refractivity contribution is 0.194. The summed E-state index contributed by atoms with van der Waals surface area (Å²) >= 11 is 0. The van der Waals surface area contributed by atoms with Crippen molar-refractivity contribution < 1.29 is 9.13 Å². The monoisotopic (exact) mass is 293 g/mol. The summed E-state index contributed by atoms with van der Waals surface area (Å²) in [4.78, 5) is 0. The Morgan fingerprint density at radius 3 is 2.57 bits per heavy atom. The second kappa shape index (κ2) is 7.26. The van der Waals surface area contributed by atoms with Crippen molar-refractivity contribution in [1.82, 2.24) is 5.32 Å². The lowest BCUT2D eigenvalue weighted by atomic mass is 9.77. The van der Waals surface area contributed by atoms with Crippen molar-refractivity contribution in [3.8, 4) is 5.75 Å². The predicted molar refractivity (Wildman–Crippen MR) is 85.1 cm³/mol. The number of ether oxygens (including phenoxy) is 1. The van der Waals surface area contributed by atoms with Gasteiger partial charge < -0.3 is 10.1 Å². The maximum absolute atomic E-state index is 13.5. The number of halogens is 1. The van der Waals surface area contributed by atoms with Crippen LogP contribution in [-0.4, -0.2) is 13.2 Å². The van der Waals surface area contributed by atoms with Crippen LogP contribution >= 0.6 is 0 Å². The zero-order valence-electron chi connectivity index (χ0n) is 13.7. The average molecular weight is 293 g/mol. The number of methoxy groups -OCH3 is 1. The molecule has 0 heterocycles. The van der Waals surface area contributed by atoms with E-state index in [9.17, 15) is 4.39 Å². The molecule has 0 radical (unpaired) electrons. The van der Waals surface area contributed by atoms with Crippen LogP contribution in [-0.2, 0) is 0 Å². The molecule has 1 aromatic carbocycles. The van der Waals surface area contributed by atoms with Gasteiger partial charge in [-0.1, -0.05) is 26.7 Å². The summed E-state index contributed by atoms with van der Waals surface area (Å²) in [6, 6.07) is 5.36. The van der Waals surface area contributed by atoms with Crippen molar-refractivity contribution >= 4 is 0 Å². The number of hydrogen-bond acceptors (Lipinski definition) is 2. The second-order valence-electron chi connectivity index (χ2n) is 6.57. The van der Waals surface area contributed by atoms with E-state index < -0.39 is 0 Å². The fourth-order valence-electron chi connectivity index (χ4n) is 3.62. The third-order valence-electron chi connectivity index (χ3n) is 4.80. The molecule has 1 N–H and O–H groups in total. The van der Waals surface area contributed by atoms with E-state index >= 15 is 0 Å². The first kappa shape index (κ1) is 16.3. The Kier molecular flexibility index (Phi) is 5.63. The Morgan fingerprint density at radius 2 is 1.90 bits per heavy atom.